The van der Waals surface area contributed by atoms with Gasteiger partial charge in [-0.3, -0.25) is 0 Å². The number of methoxy groups -OCH3 is 1. The molecule has 1 rings (SSSR count). The summed E-state index contributed by atoms with van der Waals surface area (Å²) in [6.45, 7) is 1.96. The molecule has 6 heteroatoms. The Morgan fingerprint density at radius 1 is 1.28 bits per heavy atom. The Hall–Kier alpha value is -1.72. The third-order valence-electron chi connectivity index (χ3n) is 2.26. The number of ether oxygens (including phenoxy) is 2. The first-order valence-electron chi connectivity index (χ1n) is 5.41. The maximum Gasteiger partial charge on any atom is 0.344 e. The van der Waals surface area contributed by atoms with E-state index in [1.807, 2.05) is 6.92 Å². The average Bonchev–Trinajstić information content (AvgIpc) is 2.32. The number of hydrogen-bond acceptors (Lipinski definition) is 3. The molecule has 0 heterocycles. The predicted octanol–water partition coefficient (Wildman–Crippen LogP) is 3.07. The quantitative estimate of drug-likeness (QED) is 0.604. The SMILES string of the molecule is CCCCOc1c(F)cc(F)c(C(=O)OC)c1F. The molecule has 100 valence electrons. The number of unbranched alkanes of at least 4 members (excludes halogenated alkanes) is 1. The van der Waals surface area contributed by atoms with E-state index < -0.39 is 34.7 Å². The summed E-state index contributed by atoms with van der Waals surface area (Å²) in [4.78, 5) is 11.2. The topological polar surface area (TPSA) is 35.5 Å². The van der Waals surface area contributed by atoms with Crippen molar-refractivity contribution in [3.8, 4) is 5.75 Å². The highest BCUT2D eigenvalue weighted by molar-refractivity contribution is 5.90. The lowest BCUT2D eigenvalue weighted by atomic mass is 10.1. The molecule has 3 nitrogen and oxygen atoms in total. The van der Waals surface area contributed by atoms with Gasteiger partial charge in [-0.2, -0.15) is 0 Å². The second-order valence-electron chi connectivity index (χ2n) is 3.55. The summed E-state index contributed by atoms with van der Waals surface area (Å²) in [7, 11) is 0.974. The summed E-state index contributed by atoms with van der Waals surface area (Å²) >= 11 is 0. The van der Waals surface area contributed by atoms with Crippen molar-refractivity contribution in [2.45, 2.75) is 19.8 Å². The number of carbonyl (C=O) groups excluding carboxylic acids is 1. The Bertz CT molecular complexity index is 447. The Labute approximate surface area is 103 Å². The van der Waals surface area contributed by atoms with Gasteiger partial charge in [0, 0.05) is 6.07 Å². The number of hydrogen-bond donors (Lipinski definition) is 0. The summed E-state index contributed by atoms with van der Waals surface area (Å²) < 4.78 is 49.5. The molecule has 0 radical (unpaired) electrons. The third-order valence-corrected chi connectivity index (χ3v) is 2.26. The Morgan fingerprint density at radius 2 is 1.94 bits per heavy atom. The van der Waals surface area contributed by atoms with Gasteiger partial charge in [0.2, 0.25) is 0 Å². The molecule has 0 saturated carbocycles. The monoisotopic (exact) mass is 262 g/mol. The fourth-order valence-electron chi connectivity index (χ4n) is 1.31. The fourth-order valence-corrected chi connectivity index (χ4v) is 1.31. The van der Waals surface area contributed by atoms with Crippen molar-refractivity contribution in [1.29, 1.82) is 0 Å². The normalized spacial score (nSPS) is 10.3. The van der Waals surface area contributed by atoms with E-state index in [1.54, 1.807) is 0 Å². The molecule has 1 aromatic carbocycles. The van der Waals surface area contributed by atoms with Gasteiger partial charge in [0.15, 0.2) is 17.4 Å². The van der Waals surface area contributed by atoms with E-state index in [9.17, 15) is 18.0 Å². The van der Waals surface area contributed by atoms with Crippen LogP contribution in [0.1, 0.15) is 30.1 Å². The third kappa shape index (κ3) is 2.94. The molecule has 0 amide bonds. The minimum absolute atomic E-state index is 0.0799. The Balaban J connectivity index is 3.14. The van der Waals surface area contributed by atoms with Gasteiger partial charge in [-0.05, 0) is 6.42 Å². The van der Waals surface area contributed by atoms with Gasteiger partial charge in [-0.15, -0.1) is 0 Å². The highest BCUT2D eigenvalue weighted by atomic mass is 19.1. The molecule has 0 aliphatic rings. The largest absolute Gasteiger partial charge is 0.488 e. The van der Waals surface area contributed by atoms with Crippen LogP contribution in [0.2, 0.25) is 0 Å². The molecule has 0 aliphatic carbocycles. The van der Waals surface area contributed by atoms with E-state index in [4.69, 9.17) is 4.74 Å². The standard InChI is InChI=1S/C12H13F3O3/c1-3-4-5-18-11-8(14)6-7(13)9(10(11)15)12(16)17-2/h6H,3-5H2,1-2H3. The van der Waals surface area contributed by atoms with Crippen LogP contribution in [-0.2, 0) is 4.74 Å². The van der Waals surface area contributed by atoms with Crippen LogP contribution in [0.4, 0.5) is 13.2 Å². The van der Waals surface area contributed by atoms with Gasteiger partial charge in [-0.25, -0.2) is 18.0 Å². The zero-order valence-corrected chi connectivity index (χ0v) is 10.1. The van der Waals surface area contributed by atoms with Crippen LogP contribution in [-0.4, -0.2) is 19.7 Å². The zero-order chi connectivity index (χ0) is 13.7. The number of carbonyl (C=O) groups is 1. The van der Waals surface area contributed by atoms with Crippen LogP contribution in [0.3, 0.4) is 0 Å². The molecule has 0 saturated heterocycles. The van der Waals surface area contributed by atoms with Gasteiger partial charge < -0.3 is 9.47 Å². The van der Waals surface area contributed by atoms with Crippen molar-refractivity contribution < 1.29 is 27.4 Å². The average molecular weight is 262 g/mol. The van der Waals surface area contributed by atoms with Crippen molar-refractivity contribution in [1.82, 2.24) is 0 Å². The summed E-state index contributed by atoms with van der Waals surface area (Å²) in [6.07, 6.45) is 1.36. The van der Waals surface area contributed by atoms with Crippen LogP contribution in [0, 0.1) is 17.5 Å². The van der Waals surface area contributed by atoms with Gasteiger partial charge in [-0.1, -0.05) is 13.3 Å². The van der Waals surface area contributed by atoms with E-state index in [2.05, 4.69) is 4.74 Å². The highest BCUT2D eigenvalue weighted by Crippen LogP contribution is 2.27. The Morgan fingerprint density at radius 3 is 2.50 bits per heavy atom. The lowest BCUT2D eigenvalue weighted by Gasteiger charge is -2.10. The molecule has 0 fully saturated rings. The molecule has 0 spiro atoms. The fraction of sp³-hybridized carbons (Fsp3) is 0.417. The first-order valence-corrected chi connectivity index (χ1v) is 5.41. The van der Waals surface area contributed by atoms with Gasteiger partial charge in [0.05, 0.1) is 13.7 Å². The molecule has 0 aromatic heterocycles. The van der Waals surface area contributed by atoms with Crippen LogP contribution in [0.5, 0.6) is 5.75 Å². The first kappa shape index (κ1) is 14.3. The van der Waals surface area contributed by atoms with Gasteiger partial charge >= 0.3 is 5.97 Å². The van der Waals surface area contributed by atoms with Crippen LogP contribution >= 0.6 is 0 Å². The van der Waals surface area contributed by atoms with Crippen molar-refractivity contribution in [2.75, 3.05) is 13.7 Å². The van der Waals surface area contributed by atoms with Crippen molar-refractivity contribution in [2.24, 2.45) is 0 Å². The molecule has 18 heavy (non-hydrogen) atoms. The molecule has 0 N–H and O–H groups in total. The van der Waals surface area contributed by atoms with E-state index in [1.165, 1.54) is 0 Å². The smallest absolute Gasteiger partial charge is 0.344 e. The van der Waals surface area contributed by atoms with E-state index in [0.29, 0.717) is 12.5 Å². The lowest BCUT2D eigenvalue weighted by molar-refractivity contribution is 0.0588. The molecule has 0 unspecified atom stereocenters. The maximum atomic E-state index is 13.8. The van der Waals surface area contributed by atoms with Crippen molar-refractivity contribution in [3.05, 3.63) is 29.1 Å². The second kappa shape index (κ2) is 6.28. The summed E-state index contributed by atoms with van der Waals surface area (Å²) in [5, 5.41) is 0. The van der Waals surface area contributed by atoms with E-state index >= 15 is 0 Å². The van der Waals surface area contributed by atoms with Crippen LogP contribution < -0.4 is 4.74 Å². The minimum Gasteiger partial charge on any atom is -0.488 e. The van der Waals surface area contributed by atoms with Crippen molar-refractivity contribution >= 4 is 5.97 Å². The van der Waals surface area contributed by atoms with Crippen LogP contribution in [0.25, 0.3) is 0 Å². The molecular weight excluding hydrogens is 249 g/mol. The number of rotatable bonds is 5. The number of benzene rings is 1. The molecular formula is C12H13F3O3. The molecule has 1 aromatic rings. The van der Waals surface area contributed by atoms with Gasteiger partial charge in [0.25, 0.3) is 0 Å². The minimum atomic E-state index is -1.38. The van der Waals surface area contributed by atoms with Crippen LogP contribution in [0.15, 0.2) is 6.07 Å². The van der Waals surface area contributed by atoms with Crippen molar-refractivity contribution in [3.63, 3.8) is 0 Å². The first-order chi connectivity index (χ1) is 8.52. The summed E-state index contributed by atoms with van der Waals surface area (Å²) in [5.74, 6) is -5.86. The molecule has 0 bridgehead atoms. The highest BCUT2D eigenvalue weighted by Gasteiger charge is 2.25. The van der Waals surface area contributed by atoms with E-state index in [-0.39, 0.29) is 6.61 Å². The number of halogens is 3. The maximum absolute atomic E-state index is 13.8. The zero-order valence-electron chi connectivity index (χ0n) is 10.1. The summed E-state index contributed by atoms with van der Waals surface area (Å²) in [6, 6.07) is 0.399. The summed E-state index contributed by atoms with van der Waals surface area (Å²) in [5.41, 5.74) is -0.953. The lowest BCUT2D eigenvalue weighted by Crippen LogP contribution is -2.11. The predicted molar refractivity (Wildman–Crippen MR) is 58.1 cm³/mol. The van der Waals surface area contributed by atoms with Gasteiger partial charge in [0.1, 0.15) is 11.4 Å². The molecule has 0 aliphatic heterocycles. The van der Waals surface area contributed by atoms with E-state index in [0.717, 1.165) is 13.5 Å². The molecule has 0 atom stereocenters. The second-order valence-corrected chi connectivity index (χ2v) is 3.55. The Kier molecular flexibility index (Phi) is 5.00. The number of esters is 1.